The molecule has 1 N–H and O–H groups in total. The lowest BCUT2D eigenvalue weighted by Gasteiger charge is -2.15. The van der Waals surface area contributed by atoms with Crippen LogP contribution in [0.1, 0.15) is 50.2 Å². The number of nitrogens with one attached hydrogen (secondary N) is 1. The number of hydrogen-bond donors (Lipinski definition) is 1. The summed E-state index contributed by atoms with van der Waals surface area (Å²) in [5, 5.41) is 3.05. The molecule has 5 rings (SSSR count). The molecule has 4 heteroatoms. The maximum Gasteiger partial charge on any atom is 0.254 e. The monoisotopic (exact) mass is 396 g/mol. The van der Waals surface area contributed by atoms with Crippen LogP contribution in [0.2, 0.25) is 0 Å². The molecule has 1 aliphatic carbocycles. The second-order valence-electron chi connectivity index (χ2n) is 8.30. The highest BCUT2D eigenvalue weighted by atomic mass is 16.2. The number of nitrogens with zero attached hydrogens (tertiary/aromatic N) is 1. The van der Waals surface area contributed by atoms with Gasteiger partial charge in [-0.2, -0.15) is 0 Å². The highest BCUT2D eigenvalue weighted by Gasteiger charge is 2.28. The molecular formula is C26H24N2O2. The van der Waals surface area contributed by atoms with Gasteiger partial charge < -0.3 is 10.2 Å². The van der Waals surface area contributed by atoms with Crippen molar-refractivity contribution in [2.75, 3.05) is 0 Å². The van der Waals surface area contributed by atoms with E-state index >= 15 is 0 Å². The van der Waals surface area contributed by atoms with Crippen LogP contribution in [0.5, 0.6) is 0 Å². The van der Waals surface area contributed by atoms with Gasteiger partial charge in [-0.25, -0.2) is 0 Å². The van der Waals surface area contributed by atoms with Crippen LogP contribution in [0.15, 0.2) is 66.7 Å². The van der Waals surface area contributed by atoms with Crippen molar-refractivity contribution in [2.45, 2.75) is 38.9 Å². The fraction of sp³-hybridized carbons (Fsp3) is 0.231. The Morgan fingerprint density at radius 2 is 1.80 bits per heavy atom. The summed E-state index contributed by atoms with van der Waals surface area (Å²) in [6.07, 6.45) is 2.14. The van der Waals surface area contributed by atoms with Crippen molar-refractivity contribution in [2.24, 2.45) is 0 Å². The first-order valence-corrected chi connectivity index (χ1v) is 10.5. The lowest BCUT2D eigenvalue weighted by molar-refractivity contribution is 0.0766. The van der Waals surface area contributed by atoms with E-state index in [1.807, 2.05) is 65.6 Å². The summed E-state index contributed by atoms with van der Waals surface area (Å²) < 4.78 is 0. The van der Waals surface area contributed by atoms with Crippen molar-refractivity contribution in [1.29, 1.82) is 0 Å². The van der Waals surface area contributed by atoms with Crippen molar-refractivity contribution in [3.8, 4) is 11.1 Å². The minimum atomic E-state index is -0.0101. The summed E-state index contributed by atoms with van der Waals surface area (Å²) in [6, 6.07) is 22.3. The van der Waals surface area contributed by atoms with Crippen LogP contribution in [0.3, 0.4) is 0 Å². The van der Waals surface area contributed by atoms with Gasteiger partial charge >= 0.3 is 0 Å². The Bertz CT molecular complexity index is 1130. The zero-order valence-electron chi connectivity index (χ0n) is 17.0. The molecule has 150 valence electrons. The second kappa shape index (κ2) is 7.45. The van der Waals surface area contributed by atoms with Gasteiger partial charge in [0.25, 0.3) is 11.8 Å². The zero-order valence-corrected chi connectivity index (χ0v) is 17.0. The van der Waals surface area contributed by atoms with Crippen molar-refractivity contribution < 1.29 is 9.59 Å². The number of amides is 2. The van der Waals surface area contributed by atoms with Gasteiger partial charge in [-0.15, -0.1) is 0 Å². The minimum Gasteiger partial charge on any atom is -0.349 e. The Balaban J connectivity index is 1.41. The van der Waals surface area contributed by atoms with Gasteiger partial charge in [0, 0.05) is 30.3 Å². The molecule has 0 unspecified atom stereocenters. The van der Waals surface area contributed by atoms with Crippen molar-refractivity contribution >= 4 is 11.8 Å². The molecule has 3 aromatic rings. The molecule has 30 heavy (non-hydrogen) atoms. The molecule has 1 saturated carbocycles. The summed E-state index contributed by atoms with van der Waals surface area (Å²) in [7, 11) is 0. The fourth-order valence-electron chi connectivity index (χ4n) is 4.05. The summed E-state index contributed by atoms with van der Waals surface area (Å²) in [6.45, 7) is 3.27. The van der Waals surface area contributed by atoms with E-state index in [-0.39, 0.29) is 11.8 Å². The van der Waals surface area contributed by atoms with E-state index in [0.717, 1.165) is 46.2 Å². The van der Waals surface area contributed by atoms with Crippen LogP contribution in [0, 0.1) is 6.92 Å². The van der Waals surface area contributed by atoms with Gasteiger partial charge in [0.05, 0.1) is 0 Å². The topological polar surface area (TPSA) is 49.4 Å². The van der Waals surface area contributed by atoms with Crippen LogP contribution in [-0.4, -0.2) is 22.8 Å². The van der Waals surface area contributed by atoms with Crippen LogP contribution in [-0.2, 0) is 13.1 Å². The van der Waals surface area contributed by atoms with Crippen LogP contribution in [0.25, 0.3) is 11.1 Å². The first kappa shape index (κ1) is 18.6. The van der Waals surface area contributed by atoms with Crippen molar-refractivity contribution in [3.05, 3.63) is 94.5 Å². The van der Waals surface area contributed by atoms with Crippen molar-refractivity contribution in [1.82, 2.24) is 10.2 Å². The first-order chi connectivity index (χ1) is 14.6. The number of rotatable bonds is 5. The molecule has 0 saturated heterocycles. The third-order valence-corrected chi connectivity index (χ3v) is 5.92. The number of fused-ring (bicyclic) bond motifs is 1. The van der Waals surface area contributed by atoms with Gasteiger partial charge in [-0.3, -0.25) is 9.59 Å². The maximum atomic E-state index is 12.8. The van der Waals surface area contributed by atoms with Crippen LogP contribution in [0.4, 0.5) is 0 Å². The SMILES string of the molecule is Cc1ccc(C(=O)NC2CC2)cc1-c1ccc2c(c1)CN(Cc1ccccc1)C2=O. The molecule has 4 nitrogen and oxygen atoms in total. The molecular weight excluding hydrogens is 372 g/mol. The van der Waals surface area contributed by atoms with Crippen LogP contribution >= 0.6 is 0 Å². The van der Waals surface area contributed by atoms with E-state index in [1.165, 1.54) is 0 Å². The van der Waals surface area contributed by atoms with E-state index in [4.69, 9.17) is 0 Å². The quantitative estimate of drug-likeness (QED) is 0.679. The number of benzene rings is 3. The molecule has 2 aliphatic rings. The molecule has 0 aromatic heterocycles. The predicted octanol–water partition coefficient (Wildman–Crippen LogP) is 4.71. The van der Waals surface area contributed by atoms with Gasteiger partial charge in [0.1, 0.15) is 0 Å². The van der Waals surface area contributed by atoms with Crippen LogP contribution < -0.4 is 5.32 Å². The molecule has 3 aromatic carbocycles. The molecule has 0 radical (unpaired) electrons. The molecule has 0 atom stereocenters. The number of carbonyl (C=O) groups is 2. The van der Waals surface area contributed by atoms with E-state index in [1.54, 1.807) is 0 Å². The van der Waals surface area contributed by atoms with E-state index in [9.17, 15) is 9.59 Å². The number of aryl methyl sites for hydroxylation is 1. The summed E-state index contributed by atoms with van der Waals surface area (Å²) in [5.74, 6) is 0.0683. The molecule has 2 amide bonds. The lowest BCUT2D eigenvalue weighted by atomic mass is 9.95. The van der Waals surface area contributed by atoms with E-state index < -0.39 is 0 Å². The average molecular weight is 396 g/mol. The molecule has 0 spiro atoms. The predicted molar refractivity (Wildman–Crippen MR) is 117 cm³/mol. The van der Waals surface area contributed by atoms with Gasteiger partial charge in [0.15, 0.2) is 0 Å². The van der Waals surface area contributed by atoms with Gasteiger partial charge in [-0.05, 0) is 71.8 Å². The van der Waals surface area contributed by atoms with Crippen molar-refractivity contribution in [3.63, 3.8) is 0 Å². The largest absolute Gasteiger partial charge is 0.349 e. The molecule has 0 bridgehead atoms. The summed E-state index contributed by atoms with van der Waals surface area (Å²) >= 11 is 0. The highest BCUT2D eigenvalue weighted by molar-refractivity contribution is 5.99. The number of carbonyl (C=O) groups excluding carboxylic acids is 2. The smallest absolute Gasteiger partial charge is 0.254 e. The Morgan fingerprint density at radius 3 is 2.57 bits per heavy atom. The average Bonchev–Trinajstić information content (AvgIpc) is 3.52. The molecule has 1 fully saturated rings. The third kappa shape index (κ3) is 3.61. The normalized spacial score (nSPS) is 15.2. The minimum absolute atomic E-state index is 0.0101. The van der Waals surface area contributed by atoms with Gasteiger partial charge in [-0.1, -0.05) is 42.5 Å². The van der Waals surface area contributed by atoms with E-state index in [2.05, 4.69) is 18.3 Å². The van der Waals surface area contributed by atoms with Gasteiger partial charge in [0.2, 0.25) is 0 Å². The zero-order chi connectivity index (χ0) is 20.7. The Hall–Kier alpha value is -3.40. The molecule has 1 aliphatic heterocycles. The lowest BCUT2D eigenvalue weighted by Crippen LogP contribution is -2.25. The summed E-state index contributed by atoms with van der Waals surface area (Å²) in [4.78, 5) is 27.2. The number of hydrogen-bond acceptors (Lipinski definition) is 2. The summed E-state index contributed by atoms with van der Waals surface area (Å²) in [5.41, 5.74) is 6.82. The fourth-order valence-corrected chi connectivity index (χ4v) is 4.05. The highest BCUT2D eigenvalue weighted by Crippen LogP contribution is 2.31. The Kier molecular flexibility index (Phi) is 4.62. The molecule has 1 heterocycles. The third-order valence-electron chi connectivity index (χ3n) is 5.92. The second-order valence-corrected chi connectivity index (χ2v) is 8.30. The Morgan fingerprint density at radius 1 is 1.00 bits per heavy atom. The Labute approximate surface area is 176 Å². The van der Waals surface area contributed by atoms with E-state index in [0.29, 0.717) is 24.7 Å². The standard InChI is InChI=1S/C26H24N2O2/c1-17-7-8-20(25(29)27-22-10-11-22)14-24(17)19-9-12-23-21(13-19)16-28(26(23)30)15-18-5-3-2-4-6-18/h2-9,12-14,22H,10-11,15-16H2,1H3,(H,27,29). The maximum absolute atomic E-state index is 12.8. The first-order valence-electron chi connectivity index (χ1n) is 10.5.